The normalized spacial score (nSPS) is 21.8. The van der Waals surface area contributed by atoms with Crippen molar-refractivity contribution < 1.29 is 8.42 Å². The molecule has 18 heavy (non-hydrogen) atoms. The molecular weight excluding hydrogens is 320 g/mol. The lowest BCUT2D eigenvalue weighted by Crippen LogP contribution is -2.22. The molecule has 0 amide bonds. The van der Waals surface area contributed by atoms with Crippen LogP contribution in [0.5, 0.6) is 0 Å². The van der Waals surface area contributed by atoms with Crippen LogP contribution in [0.25, 0.3) is 0 Å². The van der Waals surface area contributed by atoms with Gasteiger partial charge in [0.05, 0.1) is 16.0 Å². The molecule has 1 aromatic rings. The molecule has 0 aliphatic carbocycles. The number of halogens is 1. The standard InChI is InChI=1S/C10H15BrN4O2S/c1-2-12-10-13-5-8(11)9(15-10)14-7-3-4-18(16,17)6-7/h5,7H,2-4,6H2,1H3,(H2,12,13,14,15). The maximum Gasteiger partial charge on any atom is 0.224 e. The molecule has 0 aromatic carbocycles. The first-order chi connectivity index (χ1) is 8.50. The maximum absolute atomic E-state index is 11.4. The molecule has 8 heteroatoms. The zero-order valence-corrected chi connectivity index (χ0v) is 12.4. The summed E-state index contributed by atoms with van der Waals surface area (Å²) in [6.07, 6.45) is 2.27. The number of aromatic nitrogens is 2. The molecule has 0 spiro atoms. The van der Waals surface area contributed by atoms with Crippen LogP contribution in [0.2, 0.25) is 0 Å². The van der Waals surface area contributed by atoms with E-state index < -0.39 is 9.84 Å². The second kappa shape index (κ2) is 5.40. The molecule has 2 heterocycles. The SMILES string of the molecule is CCNc1ncc(Br)c(NC2CCS(=O)(=O)C2)n1. The Kier molecular flexibility index (Phi) is 4.06. The first-order valence-electron chi connectivity index (χ1n) is 5.73. The van der Waals surface area contributed by atoms with Crippen molar-refractivity contribution in [3.05, 3.63) is 10.7 Å². The number of rotatable bonds is 4. The average Bonchev–Trinajstić information content (AvgIpc) is 2.63. The maximum atomic E-state index is 11.4. The molecule has 0 saturated carbocycles. The minimum atomic E-state index is -2.89. The third-order valence-corrected chi connectivity index (χ3v) is 5.00. The lowest BCUT2D eigenvalue weighted by molar-refractivity contribution is 0.602. The minimum absolute atomic E-state index is 0.0734. The van der Waals surface area contributed by atoms with Gasteiger partial charge in [-0.05, 0) is 29.3 Å². The van der Waals surface area contributed by atoms with E-state index in [4.69, 9.17) is 0 Å². The van der Waals surface area contributed by atoms with Gasteiger partial charge in [0.2, 0.25) is 5.95 Å². The van der Waals surface area contributed by atoms with Crippen molar-refractivity contribution >= 4 is 37.5 Å². The molecule has 1 saturated heterocycles. The van der Waals surface area contributed by atoms with Crippen LogP contribution in [0.3, 0.4) is 0 Å². The zero-order valence-electron chi connectivity index (χ0n) is 9.98. The van der Waals surface area contributed by atoms with E-state index in [2.05, 4.69) is 36.5 Å². The minimum Gasteiger partial charge on any atom is -0.365 e. The molecule has 100 valence electrons. The first-order valence-corrected chi connectivity index (χ1v) is 8.35. The van der Waals surface area contributed by atoms with Gasteiger partial charge in [-0.2, -0.15) is 4.98 Å². The van der Waals surface area contributed by atoms with Gasteiger partial charge in [-0.25, -0.2) is 13.4 Å². The summed E-state index contributed by atoms with van der Waals surface area (Å²) in [5, 5.41) is 6.16. The number of anilines is 2. The highest BCUT2D eigenvalue weighted by molar-refractivity contribution is 9.10. The van der Waals surface area contributed by atoms with E-state index in [-0.39, 0.29) is 17.5 Å². The van der Waals surface area contributed by atoms with Crippen molar-refractivity contribution in [2.24, 2.45) is 0 Å². The summed E-state index contributed by atoms with van der Waals surface area (Å²) in [6, 6.07) is -0.0734. The van der Waals surface area contributed by atoms with E-state index >= 15 is 0 Å². The highest BCUT2D eigenvalue weighted by atomic mass is 79.9. The Hall–Kier alpha value is -0.890. The van der Waals surface area contributed by atoms with E-state index in [1.807, 2.05) is 6.92 Å². The average molecular weight is 335 g/mol. The van der Waals surface area contributed by atoms with Crippen molar-refractivity contribution in [1.82, 2.24) is 9.97 Å². The molecule has 0 radical (unpaired) electrons. The molecule has 1 atom stereocenters. The third-order valence-electron chi connectivity index (χ3n) is 2.65. The number of nitrogens with zero attached hydrogens (tertiary/aromatic N) is 2. The summed E-state index contributed by atoms with van der Waals surface area (Å²) in [5.74, 6) is 1.57. The second-order valence-electron chi connectivity index (χ2n) is 4.16. The van der Waals surface area contributed by atoms with Crippen molar-refractivity contribution in [3.63, 3.8) is 0 Å². The van der Waals surface area contributed by atoms with Gasteiger partial charge in [0.15, 0.2) is 9.84 Å². The van der Waals surface area contributed by atoms with Crippen LogP contribution in [-0.2, 0) is 9.84 Å². The van der Waals surface area contributed by atoms with Gasteiger partial charge in [-0.3, -0.25) is 0 Å². The largest absolute Gasteiger partial charge is 0.365 e. The molecule has 1 fully saturated rings. The Morgan fingerprint density at radius 3 is 2.94 bits per heavy atom. The second-order valence-corrected chi connectivity index (χ2v) is 7.25. The van der Waals surface area contributed by atoms with Crippen LogP contribution in [0.15, 0.2) is 10.7 Å². The predicted octanol–water partition coefficient (Wildman–Crippen LogP) is 1.27. The Morgan fingerprint density at radius 2 is 2.33 bits per heavy atom. The molecule has 6 nitrogen and oxygen atoms in total. The van der Waals surface area contributed by atoms with E-state index in [9.17, 15) is 8.42 Å². The molecule has 1 aliphatic heterocycles. The van der Waals surface area contributed by atoms with Crippen LogP contribution in [0.4, 0.5) is 11.8 Å². The first kappa shape index (κ1) is 13.5. The molecule has 0 bridgehead atoms. The molecule has 2 N–H and O–H groups in total. The summed E-state index contributed by atoms with van der Waals surface area (Å²) in [6.45, 7) is 2.70. The Bertz CT molecular complexity index is 535. The van der Waals surface area contributed by atoms with Crippen LogP contribution in [0, 0.1) is 0 Å². The van der Waals surface area contributed by atoms with Crippen LogP contribution >= 0.6 is 15.9 Å². The van der Waals surface area contributed by atoms with Crippen molar-refractivity contribution in [2.45, 2.75) is 19.4 Å². The summed E-state index contributed by atoms with van der Waals surface area (Å²) in [5.41, 5.74) is 0. The number of hydrogen-bond donors (Lipinski definition) is 2. The Morgan fingerprint density at radius 1 is 1.56 bits per heavy atom. The molecule has 2 rings (SSSR count). The van der Waals surface area contributed by atoms with Gasteiger partial charge in [-0.1, -0.05) is 0 Å². The van der Waals surface area contributed by atoms with Gasteiger partial charge in [0.1, 0.15) is 5.82 Å². The Labute approximate surface area is 115 Å². The van der Waals surface area contributed by atoms with Gasteiger partial charge in [-0.15, -0.1) is 0 Å². The van der Waals surface area contributed by atoms with Crippen molar-refractivity contribution in [1.29, 1.82) is 0 Å². The van der Waals surface area contributed by atoms with E-state index in [0.29, 0.717) is 18.2 Å². The third kappa shape index (κ3) is 3.32. The van der Waals surface area contributed by atoms with Crippen LogP contribution < -0.4 is 10.6 Å². The molecule has 1 unspecified atom stereocenters. The molecular formula is C10H15BrN4O2S. The lowest BCUT2D eigenvalue weighted by atomic mass is 10.2. The fraction of sp³-hybridized carbons (Fsp3) is 0.600. The van der Waals surface area contributed by atoms with Gasteiger partial charge in [0, 0.05) is 18.8 Å². The fourth-order valence-corrected chi connectivity index (χ4v) is 3.79. The quantitative estimate of drug-likeness (QED) is 0.862. The highest BCUT2D eigenvalue weighted by Crippen LogP contribution is 2.23. The highest BCUT2D eigenvalue weighted by Gasteiger charge is 2.28. The van der Waals surface area contributed by atoms with Crippen LogP contribution in [0.1, 0.15) is 13.3 Å². The summed E-state index contributed by atoms with van der Waals surface area (Å²) < 4.78 is 23.5. The van der Waals surface area contributed by atoms with Crippen molar-refractivity contribution in [3.8, 4) is 0 Å². The number of hydrogen-bond acceptors (Lipinski definition) is 6. The van der Waals surface area contributed by atoms with E-state index in [1.165, 1.54) is 0 Å². The lowest BCUT2D eigenvalue weighted by Gasteiger charge is -2.13. The van der Waals surface area contributed by atoms with Gasteiger partial charge in [0.25, 0.3) is 0 Å². The van der Waals surface area contributed by atoms with Crippen LogP contribution in [-0.4, -0.2) is 42.5 Å². The molecule has 1 aliphatic rings. The number of sulfone groups is 1. The molecule has 1 aromatic heterocycles. The summed E-state index contributed by atoms with van der Waals surface area (Å²) in [7, 11) is -2.89. The fourth-order valence-electron chi connectivity index (χ4n) is 1.81. The van der Waals surface area contributed by atoms with Gasteiger partial charge >= 0.3 is 0 Å². The summed E-state index contributed by atoms with van der Waals surface area (Å²) >= 11 is 3.35. The summed E-state index contributed by atoms with van der Waals surface area (Å²) in [4.78, 5) is 8.40. The topological polar surface area (TPSA) is 84.0 Å². The Balaban J connectivity index is 2.11. The van der Waals surface area contributed by atoms with E-state index in [1.54, 1.807) is 6.20 Å². The number of nitrogens with one attached hydrogen (secondary N) is 2. The zero-order chi connectivity index (χ0) is 13.2. The monoisotopic (exact) mass is 334 g/mol. The van der Waals surface area contributed by atoms with Crippen molar-refractivity contribution in [2.75, 3.05) is 28.7 Å². The predicted molar refractivity (Wildman–Crippen MR) is 74.6 cm³/mol. The smallest absolute Gasteiger partial charge is 0.224 e. The van der Waals surface area contributed by atoms with E-state index in [0.717, 1.165) is 11.0 Å². The van der Waals surface area contributed by atoms with Gasteiger partial charge < -0.3 is 10.6 Å².